The molecule has 1 heterocycles. The fourth-order valence-corrected chi connectivity index (χ4v) is 6.04. The van der Waals surface area contributed by atoms with Gasteiger partial charge in [0.05, 0.1) is 22.1 Å². The van der Waals surface area contributed by atoms with Crippen LogP contribution in [-0.2, 0) is 10.0 Å². The van der Waals surface area contributed by atoms with Gasteiger partial charge in [0.25, 0.3) is 0 Å². The normalized spacial score (nSPS) is 22.1. The highest BCUT2D eigenvalue weighted by atomic mass is 32.2. The number of sulfonamides is 1. The van der Waals surface area contributed by atoms with Gasteiger partial charge in [0.15, 0.2) is 5.82 Å². The molecule has 0 aliphatic heterocycles. The summed E-state index contributed by atoms with van der Waals surface area (Å²) in [5.74, 6) is 0.449. The van der Waals surface area contributed by atoms with E-state index in [9.17, 15) is 13.5 Å². The molecule has 0 amide bonds. The fraction of sp³-hybridized carbons (Fsp3) is 0.409. The van der Waals surface area contributed by atoms with Crippen molar-refractivity contribution in [2.24, 2.45) is 0 Å². The van der Waals surface area contributed by atoms with Gasteiger partial charge < -0.3 is 10.8 Å². The number of aromatic amines is 1. The van der Waals surface area contributed by atoms with E-state index >= 15 is 0 Å². The van der Waals surface area contributed by atoms with Gasteiger partial charge >= 0.3 is 0 Å². The minimum absolute atomic E-state index is 0.204. The van der Waals surface area contributed by atoms with Gasteiger partial charge in [0.1, 0.15) is 0 Å². The van der Waals surface area contributed by atoms with Gasteiger partial charge in [0, 0.05) is 5.39 Å². The Morgan fingerprint density at radius 2 is 2.00 bits per heavy atom. The maximum atomic E-state index is 13.0. The highest BCUT2D eigenvalue weighted by Crippen LogP contribution is 2.36. The van der Waals surface area contributed by atoms with Gasteiger partial charge in [-0.1, -0.05) is 19.1 Å². The van der Waals surface area contributed by atoms with Crippen LogP contribution in [0.2, 0.25) is 0 Å². The number of benzene rings is 2. The number of H-pyrrole nitrogens is 1. The number of aliphatic hydroxyl groups is 1. The van der Waals surface area contributed by atoms with E-state index in [2.05, 4.69) is 14.9 Å². The summed E-state index contributed by atoms with van der Waals surface area (Å²) >= 11 is 0. The van der Waals surface area contributed by atoms with E-state index in [4.69, 9.17) is 5.73 Å². The highest BCUT2D eigenvalue weighted by molar-refractivity contribution is 7.89. The molecule has 30 heavy (non-hydrogen) atoms. The number of nitrogens with two attached hydrogens (primary N) is 1. The van der Waals surface area contributed by atoms with E-state index in [-0.39, 0.29) is 4.90 Å². The molecule has 0 unspecified atom stereocenters. The molecular formula is C22H28N4O3S. The van der Waals surface area contributed by atoms with E-state index in [1.807, 2.05) is 39.0 Å². The molecule has 1 saturated carbocycles. The first kappa shape index (κ1) is 20.8. The third-order valence-corrected chi connectivity index (χ3v) is 7.95. The minimum atomic E-state index is -3.73. The molecule has 1 aliphatic rings. The molecule has 160 valence electrons. The van der Waals surface area contributed by atoms with Crippen molar-refractivity contribution in [3.05, 3.63) is 41.5 Å². The smallest absolute Gasteiger partial charge is 0.240 e. The Balaban J connectivity index is 1.68. The first-order valence-corrected chi connectivity index (χ1v) is 11.7. The topological polar surface area (TPSA) is 121 Å². The van der Waals surface area contributed by atoms with E-state index in [0.717, 1.165) is 39.6 Å². The molecule has 5 N–H and O–H groups in total. The second-order valence-electron chi connectivity index (χ2n) is 8.27. The number of hydrogen-bond acceptors (Lipinski definition) is 5. The van der Waals surface area contributed by atoms with Gasteiger partial charge in [-0.25, -0.2) is 13.1 Å². The third-order valence-electron chi connectivity index (χ3n) is 6.48. The Labute approximate surface area is 176 Å². The Morgan fingerprint density at radius 1 is 1.27 bits per heavy atom. The molecule has 8 heteroatoms. The Kier molecular flexibility index (Phi) is 5.12. The van der Waals surface area contributed by atoms with Gasteiger partial charge in [-0.15, -0.1) is 0 Å². The molecule has 1 aromatic heterocycles. The standard InChI is InChI=1S/C22H28N4O3S/c1-4-22(27)11-5-6-19(22)26-30(28,29)15-7-8-16(13(2)12-15)17-9-10-18-20(14(17)3)21(23)25-24-18/h7-10,12,19,26-27H,4-6,11H2,1-3H3,(H3,23,24,25)/t19-,22+/m0/s1. The highest BCUT2D eigenvalue weighted by Gasteiger charge is 2.41. The van der Waals surface area contributed by atoms with Crippen LogP contribution >= 0.6 is 0 Å². The number of aryl methyl sites for hydroxylation is 2. The van der Waals surface area contributed by atoms with E-state index in [0.29, 0.717) is 25.1 Å². The average Bonchev–Trinajstić information content (AvgIpc) is 3.26. The van der Waals surface area contributed by atoms with Crippen molar-refractivity contribution in [3.63, 3.8) is 0 Å². The maximum Gasteiger partial charge on any atom is 0.240 e. The molecule has 7 nitrogen and oxygen atoms in total. The van der Waals surface area contributed by atoms with Gasteiger partial charge in [0.2, 0.25) is 10.0 Å². The average molecular weight is 429 g/mol. The zero-order chi connectivity index (χ0) is 21.7. The molecule has 0 radical (unpaired) electrons. The second-order valence-corrected chi connectivity index (χ2v) is 9.98. The van der Waals surface area contributed by atoms with Crippen LogP contribution in [0, 0.1) is 13.8 Å². The summed E-state index contributed by atoms with van der Waals surface area (Å²) in [5.41, 5.74) is 9.67. The van der Waals surface area contributed by atoms with Crippen molar-refractivity contribution in [1.82, 2.24) is 14.9 Å². The second kappa shape index (κ2) is 7.37. The van der Waals surface area contributed by atoms with Crippen molar-refractivity contribution in [2.45, 2.75) is 63.0 Å². The lowest BCUT2D eigenvalue weighted by molar-refractivity contribution is 0.0234. The number of anilines is 1. The van der Waals surface area contributed by atoms with E-state index in [1.54, 1.807) is 12.1 Å². The van der Waals surface area contributed by atoms with Crippen LogP contribution in [0.5, 0.6) is 0 Å². The third kappa shape index (κ3) is 3.38. The van der Waals surface area contributed by atoms with Gasteiger partial charge in [-0.05, 0) is 80.0 Å². The van der Waals surface area contributed by atoms with Crippen LogP contribution in [0.15, 0.2) is 35.2 Å². The Bertz CT molecular complexity index is 1220. The summed E-state index contributed by atoms with van der Waals surface area (Å²) in [6.45, 7) is 5.77. The van der Waals surface area contributed by atoms with Gasteiger partial charge in [-0.2, -0.15) is 5.10 Å². The number of hydrogen-bond donors (Lipinski definition) is 4. The summed E-state index contributed by atoms with van der Waals surface area (Å²) < 4.78 is 28.7. The van der Waals surface area contributed by atoms with Gasteiger partial charge in [-0.3, -0.25) is 5.10 Å². The number of fused-ring (bicyclic) bond motifs is 1. The van der Waals surface area contributed by atoms with Crippen molar-refractivity contribution in [1.29, 1.82) is 0 Å². The Hall–Kier alpha value is -2.42. The van der Waals surface area contributed by atoms with E-state index in [1.165, 1.54) is 0 Å². The predicted octanol–water partition coefficient (Wildman–Crippen LogP) is 3.40. The number of rotatable bonds is 5. The van der Waals surface area contributed by atoms with Crippen LogP contribution in [0.1, 0.15) is 43.7 Å². The summed E-state index contributed by atoms with van der Waals surface area (Å²) in [7, 11) is -3.73. The first-order valence-electron chi connectivity index (χ1n) is 10.2. The van der Waals surface area contributed by atoms with Crippen LogP contribution in [0.25, 0.3) is 22.0 Å². The summed E-state index contributed by atoms with van der Waals surface area (Å²) in [6, 6.07) is 8.59. The SMILES string of the molecule is CC[C@@]1(O)CCC[C@@H]1NS(=O)(=O)c1ccc(-c2ccc3[nH]nc(N)c3c2C)c(C)c1. The molecule has 0 saturated heterocycles. The summed E-state index contributed by atoms with van der Waals surface area (Å²) in [6.07, 6.45) is 2.60. The van der Waals surface area contributed by atoms with Crippen molar-refractivity contribution >= 4 is 26.7 Å². The molecule has 1 aliphatic carbocycles. The summed E-state index contributed by atoms with van der Waals surface area (Å²) in [5, 5.41) is 18.6. The lowest BCUT2D eigenvalue weighted by atomic mass is 9.94. The number of nitrogen functional groups attached to an aromatic ring is 1. The zero-order valence-electron chi connectivity index (χ0n) is 17.5. The molecule has 4 rings (SSSR count). The molecular weight excluding hydrogens is 400 g/mol. The maximum absolute atomic E-state index is 13.0. The largest absolute Gasteiger partial charge is 0.388 e. The van der Waals surface area contributed by atoms with Crippen LogP contribution in [0.4, 0.5) is 5.82 Å². The minimum Gasteiger partial charge on any atom is -0.388 e. The first-order chi connectivity index (χ1) is 14.2. The molecule has 2 atom stereocenters. The van der Waals surface area contributed by atoms with E-state index < -0.39 is 21.7 Å². The van der Waals surface area contributed by atoms with Crippen LogP contribution in [0.3, 0.4) is 0 Å². The molecule has 3 aromatic rings. The van der Waals surface area contributed by atoms with Crippen LogP contribution < -0.4 is 10.5 Å². The monoisotopic (exact) mass is 428 g/mol. The van der Waals surface area contributed by atoms with Crippen molar-refractivity contribution in [3.8, 4) is 11.1 Å². The molecule has 0 bridgehead atoms. The predicted molar refractivity (Wildman–Crippen MR) is 119 cm³/mol. The summed E-state index contributed by atoms with van der Waals surface area (Å²) in [4.78, 5) is 0.204. The zero-order valence-corrected chi connectivity index (χ0v) is 18.3. The number of nitrogens with zero attached hydrogens (tertiary/aromatic N) is 1. The lowest BCUT2D eigenvalue weighted by Gasteiger charge is -2.29. The number of nitrogens with one attached hydrogen (secondary N) is 2. The molecule has 2 aromatic carbocycles. The quantitative estimate of drug-likeness (QED) is 0.496. The Morgan fingerprint density at radius 3 is 2.70 bits per heavy atom. The molecule has 0 spiro atoms. The van der Waals surface area contributed by atoms with Crippen molar-refractivity contribution in [2.75, 3.05) is 5.73 Å². The fourth-order valence-electron chi connectivity index (χ4n) is 4.61. The lowest BCUT2D eigenvalue weighted by Crippen LogP contribution is -2.48. The number of aromatic nitrogens is 2. The van der Waals surface area contributed by atoms with Crippen molar-refractivity contribution < 1.29 is 13.5 Å². The van der Waals surface area contributed by atoms with Crippen LogP contribution in [-0.4, -0.2) is 35.4 Å². The molecule has 1 fully saturated rings.